The molecule has 0 saturated carbocycles. The molecule has 0 aliphatic carbocycles. The Morgan fingerprint density at radius 1 is 1.35 bits per heavy atom. The van der Waals surface area contributed by atoms with Crippen LogP contribution in [-0.4, -0.2) is 45.0 Å². The third-order valence-corrected chi connectivity index (χ3v) is 8.33. The second kappa shape index (κ2) is 10.3. The Kier molecular flexibility index (Phi) is 7.85. The number of aromatic nitrogens is 1. The van der Waals surface area contributed by atoms with Crippen LogP contribution in [0.25, 0.3) is 0 Å². The molecule has 0 spiro atoms. The minimum absolute atomic E-state index is 0.214. The van der Waals surface area contributed by atoms with E-state index in [1.165, 1.54) is 6.07 Å². The Bertz CT molecular complexity index is 1240. The molecule has 1 N–H and O–H groups in total. The van der Waals surface area contributed by atoms with Crippen molar-refractivity contribution >= 4 is 50.7 Å². The molecule has 0 atom stereocenters. The summed E-state index contributed by atoms with van der Waals surface area (Å²) in [7, 11) is -3.87. The first-order valence-electron chi connectivity index (χ1n) is 10.6. The van der Waals surface area contributed by atoms with Crippen LogP contribution in [0.5, 0.6) is 0 Å². The van der Waals surface area contributed by atoms with Gasteiger partial charge in [-0.25, -0.2) is 18.2 Å². The van der Waals surface area contributed by atoms with E-state index in [9.17, 15) is 23.3 Å². The summed E-state index contributed by atoms with van der Waals surface area (Å²) in [6.07, 6.45) is 0.731. The van der Waals surface area contributed by atoms with E-state index < -0.39 is 27.3 Å². The van der Waals surface area contributed by atoms with Gasteiger partial charge >= 0.3 is 5.97 Å². The van der Waals surface area contributed by atoms with E-state index >= 15 is 0 Å². The van der Waals surface area contributed by atoms with Crippen molar-refractivity contribution in [3.63, 3.8) is 0 Å². The van der Waals surface area contributed by atoms with E-state index in [-0.39, 0.29) is 23.5 Å². The summed E-state index contributed by atoms with van der Waals surface area (Å²) in [5.74, 6) is -0.987. The smallest absolute Gasteiger partial charge is 0.340 e. The number of halogens is 1. The lowest BCUT2D eigenvalue weighted by Crippen LogP contribution is -2.49. The Hall–Kier alpha value is -2.68. The van der Waals surface area contributed by atoms with Crippen LogP contribution in [0.1, 0.15) is 53.2 Å². The number of hydrogen-bond acceptors (Lipinski definition) is 9. The third kappa shape index (κ3) is 5.87. The van der Waals surface area contributed by atoms with Gasteiger partial charge in [0.2, 0.25) is 15.9 Å². The number of hydrogen-bond donors (Lipinski definition) is 1. The lowest BCUT2D eigenvalue weighted by atomic mass is 9.79. The molecule has 3 rings (SSSR count). The van der Waals surface area contributed by atoms with Gasteiger partial charge in [-0.3, -0.25) is 9.52 Å². The molecule has 182 valence electrons. The van der Waals surface area contributed by atoms with Crippen LogP contribution in [-0.2, 0) is 25.3 Å². The number of pyridine rings is 1. The van der Waals surface area contributed by atoms with Crippen LogP contribution in [0.15, 0.2) is 18.2 Å². The number of aryl methyl sites for hydroxylation is 1. The van der Waals surface area contributed by atoms with Crippen molar-refractivity contribution in [2.45, 2.75) is 39.4 Å². The van der Waals surface area contributed by atoms with Gasteiger partial charge in [0.1, 0.15) is 17.6 Å². The third-order valence-electron chi connectivity index (χ3n) is 5.73. The maximum Gasteiger partial charge on any atom is 0.340 e. The molecule has 1 aliphatic heterocycles. The number of nitrogens with zero attached hydrogens (tertiary/aromatic N) is 3. The van der Waals surface area contributed by atoms with Crippen LogP contribution in [0, 0.1) is 23.7 Å². The number of ether oxygens (including phenoxy) is 1. The first-order chi connectivity index (χ1) is 16.0. The van der Waals surface area contributed by atoms with Crippen LogP contribution >= 0.6 is 22.9 Å². The fraction of sp³-hybridized carbons (Fsp3) is 0.455. The first-order valence-corrected chi connectivity index (χ1v) is 13.5. The van der Waals surface area contributed by atoms with E-state index in [0.29, 0.717) is 46.7 Å². The lowest BCUT2D eigenvalue weighted by molar-refractivity contribution is -0.129. The van der Waals surface area contributed by atoms with Crippen LogP contribution < -0.4 is 9.62 Å². The topological polar surface area (TPSA) is 129 Å². The van der Waals surface area contributed by atoms with Gasteiger partial charge in [-0.1, -0.05) is 18.5 Å². The Morgan fingerprint density at radius 3 is 2.59 bits per heavy atom. The van der Waals surface area contributed by atoms with Crippen molar-refractivity contribution in [1.82, 2.24) is 9.71 Å². The number of anilines is 1. The number of rotatable bonds is 7. The first kappa shape index (κ1) is 25.9. The van der Waals surface area contributed by atoms with Crippen molar-refractivity contribution < 1.29 is 22.7 Å². The van der Waals surface area contributed by atoms with Gasteiger partial charge in [0.25, 0.3) is 0 Å². The molecule has 1 fully saturated rings. The van der Waals surface area contributed by atoms with Crippen LogP contribution in [0.4, 0.5) is 5.82 Å². The number of carbonyl (C=O) groups excluding carboxylic acids is 2. The van der Waals surface area contributed by atoms with Crippen molar-refractivity contribution in [2.24, 2.45) is 5.41 Å². The van der Waals surface area contributed by atoms with E-state index in [2.05, 4.69) is 15.8 Å². The summed E-state index contributed by atoms with van der Waals surface area (Å²) >= 11 is 7.01. The van der Waals surface area contributed by atoms with Gasteiger partial charge in [0, 0.05) is 18.0 Å². The zero-order chi connectivity index (χ0) is 25.1. The Morgan fingerprint density at radius 2 is 2.03 bits per heavy atom. The highest BCUT2D eigenvalue weighted by molar-refractivity contribution is 7.89. The molecule has 9 nitrogen and oxygen atoms in total. The average Bonchev–Trinajstić information content (AvgIpc) is 3.17. The predicted molar refractivity (Wildman–Crippen MR) is 129 cm³/mol. The quantitative estimate of drug-likeness (QED) is 0.545. The Balaban J connectivity index is 1.70. The maximum atomic E-state index is 12.9. The van der Waals surface area contributed by atoms with E-state index in [4.69, 9.17) is 16.3 Å². The average molecular weight is 525 g/mol. The van der Waals surface area contributed by atoms with Gasteiger partial charge in [-0.05, 0) is 44.9 Å². The highest BCUT2D eigenvalue weighted by Gasteiger charge is 2.39. The largest absolute Gasteiger partial charge is 0.462 e. The van der Waals surface area contributed by atoms with Gasteiger partial charge in [-0.2, -0.15) is 5.26 Å². The predicted octanol–water partition coefficient (Wildman–Crippen LogP) is 3.41. The minimum Gasteiger partial charge on any atom is -0.462 e. The van der Waals surface area contributed by atoms with E-state index in [0.717, 1.165) is 11.3 Å². The number of carbonyl (C=O) groups is 2. The zero-order valence-corrected chi connectivity index (χ0v) is 21.4. The molecule has 0 aromatic carbocycles. The summed E-state index contributed by atoms with van der Waals surface area (Å²) in [6, 6.07) is 6.78. The number of esters is 1. The lowest BCUT2D eigenvalue weighted by Gasteiger charge is -2.39. The maximum absolute atomic E-state index is 12.9. The second-order valence-electron chi connectivity index (χ2n) is 8.27. The summed E-state index contributed by atoms with van der Waals surface area (Å²) in [5.41, 5.74) is 0.0152. The molecule has 34 heavy (non-hydrogen) atoms. The van der Waals surface area contributed by atoms with Crippen molar-refractivity contribution in [3.05, 3.63) is 44.2 Å². The number of nitrogens with one attached hydrogen (secondary N) is 1. The molecule has 0 bridgehead atoms. The number of thiophene rings is 1. The van der Waals surface area contributed by atoms with Gasteiger partial charge in [-0.15, -0.1) is 11.3 Å². The molecule has 1 saturated heterocycles. The van der Waals surface area contributed by atoms with Crippen molar-refractivity contribution in [2.75, 3.05) is 24.6 Å². The zero-order valence-electron chi connectivity index (χ0n) is 19.1. The molecule has 12 heteroatoms. The normalized spacial score (nSPS) is 15.4. The molecule has 1 amide bonds. The van der Waals surface area contributed by atoms with Crippen molar-refractivity contribution in [1.29, 1.82) is 5.26 Å². The standard InChI is InChI=1S/C22H25ClN4O5S2/c1-4-32-20(28)17-11-15(12-24)19(25-14(17)2)27-9-7-22(3,8-10-27)21(29)26-34(30,31)13-16-5-6-18(23)33-16/h5-6,11H,4,7-10,13H2,1-3H3,(H,26,29). The van der Waals surface area contributed by atoms with Gasteiger partial charge < -0.3 is 9.64 Å². The fourth-order valence-corrected chi connectivity index (χ4v) is 6.34. The molecular formula is C22H25ClN4O5S2. The number of piperidine rings is 1. The monoisotopic (exact) mass is 524 g/mol. The summed E-state index contributed by atoms with van der Waals surface area (Å²) in [5, 5.41) is 9.61. The van der Waals surface area contributed by atoms with Crippen LogP contribution in [0.2, 0.25) is 4.34 Å². The van der Waals surface area contributed by atoms with Crippen molar-refractivity contribution in [3.8, 4) is 6.07 Å². The molecule has 3 heterocycles. The summed E-state index contributed by atoms with van der Waals surface area (Å²) in [4.78, 5) is 31.9. The molecule has 1 aliphatic rings. The molecular weight excluding hydrogens is 500 g/mol. The summed E-state index contributed by atoms with van der Waals surface area (Å²) in [6.45, 7) is 6.10. The Labute approximate surface area is 207 Å². The fourth-order valence-electron chi connectivity index (χ4n) is 3.69. The molecule has 2 aromatic heterocycles. The van der Waals surface area contributed by atoms with E-state index in [1.807, 2.05) is 4.90 Å². The van der Waals surface area contributed by atoms with E-state index in [1.54, 1.807) is 32.9 Å². The van der Waals surface area contributed by atoms with Gasteiger partial charge in [0.05, 0.1) is 33.2 Å². The minimum atomic E-state index is -3.87. The highest BCUT2D eigenvalue weighted by Crippen LogP contribution is 2.34. The summed E-state index contributed by atoms with van der Waals surface area (Å²) < 4.78 is 32.7. The van der Waals surface area contributed by atoms with Crippen LogP contribution in [0.3, 0.4) is 0 Å². The molecule has 0 radical (unpaired) electrons. The molecule has 0 unspecified atom stereocenters. The number of amides is 1. The highest BCUT2D eigenvalue weighted by atomic mass is 35.5. The number of sulfonamides is 1. The number of nitriles is 1. The SMILES string of the molecule is CCOC(=O)c1cc(C#N)c(N2CCC(C)(C(=O)NS(=O)(=O)Cc3ccc(Cl)s3)CC2)nc1C. The molecule has 2 aromatic rings. The van der Waals surface area contributed by atoms with Gasteiger partial charge in [0.15, 0.2) is 0 Å². The second-order valence-corrected chi connectivity index (χ2v) is 11.8.